The minimum Gasteiger partial charge on any atom is -0.0622 e. The Morgan fingerprint density at radius 3 is 2.62 bits per heavy atom. The van der Waals surface area contributed by atoms with Gasteiger partial charge in [-0.25, -0.2) is 0 Å². The lowest BCUT2D eigenvalue weighted by molar-refractivity contribution is 1.44. The van der Waals surface area contributed by atoms with Crippen molar-refractivity contribution in [1.82, 2.24) is 0 Å². The highest BCUT2D eigenvalue weighted by Gasteiger charge is 1.99. The molecule has 0 heteroatoms. The SMILES string of the molecule is CC1=C/C(c2cccc(C)c2)=C/C=C\C=C\1. The Hall–Kier alpha value is -1.82. The van der Waals surface area contributed by atoms with Crippen LogP contribution in [0.2, 0.25) is 0 Å². The molecule has 1 aromatic carbocycles. The maximum absolute atomic E-state index is 2.22. The molecule has 0 aliphatic heterocycles. The van der Waals surface area contributed by atoms with Crippen LogP contribution in [0.15, 0.2) is 66.3 Å². The zero-order valence-electron chi connectivity index (χ0n) is 9.77. The highest BCUT2D eigenvalue weighted by Crippen LogP contribution is 2.20. The van der Waals surface area contributed by atoms with Crippen LogP contribution >= 0.6 is 0 Å². The largest absolute Gasteiger partial charge is 0.0622 e. The minimum absolute atomic E-state index is 1.27. The molecule has 0 heterocycles. The van der Waals surface area contributed by atoms with E-state index < -0.39 is 0 Å². The molecule has 0 radical (unpaired) electrons. The number of hydrogen-bond donors (Lipinski definition) is 0. The van der Waals surface area contributed by atoms with Gasteiger partial charge in [0.15, 0.2) is 0 Å². The van der Waals surface area contributed by atoms with Gasteiger partial charge in [-0.15, -0.1) is 0 Å². The molecule has 0 unspecified atom stereocenters. The molecule has 1 aromatic rings. The van der Waals surface area contributed by atoms with E-state index in [0.717, 1.165) is 0 Å². The van der Waals surface area contributed by atoms with Gasteiger partial charge in [0.25, 0.3) is 0 Å². The van der Waals surface area contributed by atoms with Crippen LogP contribution in [0.25, 0.3) is 5.57 Å². The Bertz CT molecular complexity index is 497. The van der Waals surface area contributed by atoms with Gasteiger partial charge < -0.3 is 0 Å². The lowest BCUT2D eigenvalue weighted by Crippen LogP contribution is -1.84. The van der Waals surface area contributed by atoms with Crippen molar-refractivity contribution in [3.05, 3.63) is 77.4 Å². The van der Waals surface area contributed by atoms with Crippen molar-refractivity contribution in [2.24, 2.45) is 0 Å². The molecule has 0 bridgehead atoms. The molecule has 2 rings (SSSR count). The van der Waals surface area contributed by atoms with Gasteiger partial charge in [-0.05, 0) is 25.0 Å². The van der Waals surface area contributed by atoms with Crippen LogP contribution in [0.4, 0.5) is 0 Å². The summed E-state index contributed by atoms with van der Waals surface area (Å²) in [6.45, 7) is 4.25. The highest BCUT2D eigenvalue weighted by molar-refractivity contribution is 5.77. The van der Waals surface area contributed by atoms with Crippen molar-refractivity contribution >= 4 is 5.57 Å². The Balaban J connectivity index is 2.43. The molecule has 0 nitrogen and oxygen atoms in total. The molecule has 0 N–H and O–H groups in total. The minimum atomic E-state index is 1.27. The summed E-state index contributed by atoms with van der Waals surface area (Å²) in [5.74, 6) is 0. The maximum atomic E-state index is 2.22. The third-order valence-corrected chi connectivity index (χ3v) is 2.59. The fraction of sp³-hybridized carbons (Fsp3) is 0.125. The van der Waals surface area contributed by atoms with Gasteiger partial charge in [-0.3, -0.25) is 0 Å². The van der Waals surface area contributed by atoms with Crippen LogP contribution < -0.4 is 0 Å². The Morgan fingerprint density at radius 2 is 1.81 bits per heavy atom. The summed E-state index contributed by atoms with van der Waals surface area (Å²) in [6.07, 6.45) is 12.7. The van der Waals surface area contributed by atoms with E-state index in [0.29, 0.717) is 0 Å². The summed E-state index contributed by atoms with van der Waals surface area (Å²) in [5, 5.41) is 0. The summed E-state index contributed by atoms with van der Waals surface area (Å²) in [5.41, 5.74) is 5.12. The molecule has 80 valence electrons. The third kappa shape index (κ3) is 2.60. The second-order valence-corrected chi connectivity index (χ2v) is 4.12. The van der Waals surface area contributed by atoms with Gasteiger partial charge in [0.2, 0.25) is 0 Å². The van der Waals surface area contributed by atoms with Crippen molar-refractivity contribution in [2.75, 3.05) is 0 Å². The van der Waals surface area contributed by atoms with Crippen molar-refractivity contribution in [3.8, 4) is 0 Å². The van der Waals surface area contributed by atoms with E-state index in [1.54, 1.807) is 0 Å². The molecule has 1 aliphatic rings. The third-order valence-electron chi connectivity index (χ3n) is 2.59. The fourth-order valence-corrected chi connectivity index (χ4v) is 1.78. The number of aryl methyl sites for hydroxylation is 1. The van der Waals surface area contributed by atoms with Gasteiger partial charge in [0.05, 0.1) is 0 Å². The van der Waals surface area contributed by atoms with Crippen LogP contribution in [-0.4, -0.2) is 0 Å². The van der Waals surface area contributed by atoms with E-state index in [2.05, 4.69) is 74.6 Å². The first kappa shape index (κ1) is 10.7. The molecule has 0 atom stereocenters. The maximum Gasteiger partial charge on any atom is -0.0181 e. The van der Waals surface area contributed by atoms with Crippen molar-refractivity contribution < 1.29 is 0 Å². The lowest BCUT2D eigenvalue weighted by atomic mass is 10.00. The molecule has 0 aromatic heterocycles. The first-order valence-electron chi connectivity index (χ1n) is 5.56. The zero-order valence-corrected chi connectivity index (χ0v) is 9.77. The van der Waals surface area contributed by atoms with E-state index in [1.807, 2.05) is 0 Å². The normalized spacial score (nSPS) is 25.6. The van der Waals surface area contributed by atoms with Gasteiger partial charge in [0.1, 0.15) is 0 Å². The summed E-state index contributed by atoms with van der Waals surface area (Å²) in [6, 6.07) is 8.60. The van der Waals surface area contributed by atoms with Crippen LogP contribution in [0.3, 0.4) is 0 Å². The second-order valence-electron chi connectivity index (χ2n) is 4.12. The molecule has 0 fully saturated rings. The fourth-order valence-electron chi connectivity index (χ4n) is 1.78. The molecule has 0 amide bonds. The van der Waals surface area contributed by atoms with Gasteiger partial charge in [0, 0.05) is 0 Å². The van der Waals surface area contributed by atoms with E-state index in [-0.39, 0.29) is 0 Å². The molecular weight excluding hydrogens is 192 g/mol. The first-order valence-corrected chi connectivity index (χ1v) is 5.56. The van der Waals surface area contributed by atoms with Crippen molar-refractivity contribution in [1.29, 1.82) is 0 Å². The number of hydrogen-bond acceptors (Lipinski definition) is 0. The van der Waals surface area contributed by atoms with E-state index in [9.17, 15) is 0 Å². The molecule has 0 saturated heterocycles. The summed E-state index contributed by atoms with van der Waals surface area (Å²) in [4.78, 5) is 0. The molecule has 0 spiro atoms. The van der Waals surface area contributed by atoms with Gasteiger partial charge in [-0.1, -0.05) is 71.9 Å². The molecule has 1 aliphatic carbocycles. The van der Waals surface area contributed by atoms with E-state index >= 15 is 0 Å². The Kier molecular flexibility index (Phi) is 3.21. The molecular formula is C16H16. The van der Waals surface area contributed by atoms with Crippen LogP contribution in [0, 0.1) is 6.92 Å². The quantitative estimate of drug-likeness (QED) is 0.639. The van der Waals surface area contributed by atoms with Crippen LogP contribution in [-0.2, 0) is 0 Å². The zero-order chi connectivity index (χ0) is 11.4. The standard InChI is InChI=1S/C16H16/c1-13-7-4-3-5-9-15(11-13)16-10-6-8-14(2)12-16/h3-12H,1-2H3/b4-3?,5-3-,7-4+,9-5?,13-7?,13-11-,15-9-,15-11?. The summed E-state index contributed by atoms with van der Waals surface area (Å²) < 4.78 is 0. The predicted octanol–water partition coefficient (Wildman–Crippen LogP) is 4.45. The van der Waals surface area contributed by atoms with E-state index in [1.165, 1.54) is 22.3 Å². The average Bonchev–Trinajstić information content (AvgIpc) is 2.23. The lowest BCUT2D eigenvalue weighted by Gasteiger charge is -2.05. The molecule has 0 saturated carbocycles. The van der Waals surface area contributed by atoms with E-state index in [4.69, 9.17) is 0 Å². The first-order chi connectivity index (χ1) is 7.75. The number of rotatable bonds is 1. The predicted molar refractivity (Wildman–Crippen MR) is 71.2 cm³/mol. The smallest absolute Gasteiger partial charge is 0.0181 e. The second kappa shape index (κ2) is 4.80. The van der Waals surface area contributed by atoms with Crippen LogP contribution in [0.5, 0.6) is 0 Å². The summed E-state index contributed by atoms with van der Waals surface area (Å²) >= 11 is 0. The number of allylic oxidation sites excluding steroid dienone is 8. The average molecular weight is 208 g/mol. The van der Waals surface area contributed by atoms with Crippen molar-refractivity contribution in [3.63, 3.8) is 0 Å². The Morgan fingerprint density at radius 1 is 0.938 bits per heavy atom. The summed E-state index contributed by atoms with van der Waals surface area (Å²) in [7, 11) is 0. The highest BCUT2D eigenvalue weighted by atomic mass is 14.0. The van der Waals surface area contributed by atoms with Gasteiger partial charge >= 0.3 is 0 Å². The monoisotopic (exact) mass is 208 g/mol. The topological polar surface area (TPSA) is 0 Å². The van der Waals surface area contributed by atoms with Crippen LogP contribution in [0.1, 0.15) is 18.1 Å². The Labute approximate surface area is 97.3 Å². The van der Waals surface area contributed by atoms with Gasteiger partial charge in [-0.2, -0.15) is 0 Å². The van der Waals surface area contributed by atoms with Crippen molar-refractivity contribution in [2.45, 2.75) is 13.8 Å². The molecule has 16 heavy (non-hydrogen) atoms. The number of benzene rings is 1.